The van der Waals surface area contributed by atoms with Crippen molar-refractivity contribution in [3.8, 4) is 23.3 Å². The van der Waals surface area contributed by atoms with Gasteiger partial charge in [0.25, 0.3) is 0 Å². The van der Waals surface area contributed by atoms with Crippen molar-refractivity contribution in [2.75, 3.05) is 24.7 Å². The zero-order valence-electron chi connectivity index (χ0n) is 19.9. The summed E-state index contributed by atoms with van der Waals surface area (Å²) in [6, 6.07) is 23.8. The SMILES string of the molecule is CCOC(Cc1ccc(OCCN2c3ccccc3Oc3ccccc32)cc1)C(=O)Oc1ncc[nH]1. The number of imidazole rings is 1. The van der Waals surface area contributed by atoms with Crippen molar-refractivity contribution in [2.24, 2.45) is 0 Å². The Morgan fingerprint density at radius 1 is 1.00 bits per heavy atom. The molecule has 1 aliphatic rings. The van der Waals surface area contributed by atoms with Crippen molar-refractivity contribution in [1.82, 2.24) is 9.97 Å². The summed E-state index contributed by atoms with van der Waals surface area (Å²) in [5.74, 6) is 1.92. The summed E-state index contributed by atoms with van der Waals surface area (Å²) >= 11 is 0. The second-order valence-corrected chi connectivity index (χ2v) is 8.15. The Morgan fingerprint density at radius 3 is 2.33 bits per heavy atom. The van der Waals surface area contributed by atoms with Crippen molar-refractivity contribution in [3.05, 3.63) is 90.8 Å². The number of carbonyl (C=O) groups is 1. The third-order valence-electron chi connectivity index (χ3n) is 5.76. The molecule has 184 valence electrons. The predicted molar refractivity (Wildman–Crippen MR) is 135 cm³/mol. The number of aromatic nitrogens is 2. The zero-order valence-corrected chi connectivity index (χ0v) is 19.9. The summed E-state index contributed by atoms with van der Waals surface area (Å²) in [7, 11) is 0. The first-order valence-electron chi connectivity index (χ1n) is 11.9. The molecule has 0 saturated heterocycles. The van der Waals surface area contributed by atoms with E-state index in [1.165, 1.54) is 6.20 Å². The standard InChI is InChI=1S/C28H27N3O5/c1-2-33-26(27(32)36-28-29-15-16-30-28)19-20-11-13-21(14-12-20)34-18-17-31-22-7-3-5-9-24(22)35-25-10-6-4-8-23(25)31/h3-16,26H,2,17-19H2,1H3,(H,29,30). The summed E-state index contributed by atoms with van der Waals surface area (Å²) in [6.45, 7) is 3.38. The van der Waals surface area contributed by atoms with Crippen molar-refractivity contribution in [3.63, 3.8) is 0 Å². The Kier molecular flexibility index (Phi) is 7.14. The number of ether oxygens (including phenoxy) is 4. The van der Waals surface area contributed by atoms with Crippen LogP contribution >= 0.6 is 0 Å². The monoisotopic (exact) mass is 485 g/mol. The summed E-state index contributed by atoms with van der Waals surface area (Å²) in [4.78, 5) is 21.4. The maximum Gasteiger partial charge on any atom is 0.343 e. The van der Waals surface area contributed by atoms with E-state index in [9.17, 15) is 4.79 Å². The van der Waals surface area contributed by atoms with Gasteiger partial charge in [-0.1, -0.05) is 36.4 Å². The van der Waals surface area contributed by atoms with E-state index in [1.54, 1.807) is 6.20 Å². The molecule has 1 aromatic heterocycles. The maximum absolute atomic E-state index is 12.5. The summed E-state index contributed by atoms with van der Waals surface area (Å²) in [5, 5.41) is 0. The van der Waals surface area contributed by atoms with Gasteiger partial charge in [-0.25, -0.2) is 9.78 Å². The fourth-order valence-corrected chi connectivity index (χ4v) is 4.09. The van der Waals surface area contributed by atoms with Crippen LogP contribution in [0.3, 0.4) is 0 Å². The number of rotatable bonds is 10. The van der Waals surface area contributed by atoms with E-state index < -0.39 is 12.1 Å². The van der Waals surface area contributed by atoms with Crippen LogP contribution in [-0.4, -0.2) is 41.8 Å². The first-order chi connectivity index (χ1) is 17.7. The number of para-hydroxylation sites is 4. The van der Waals surface area contributed by atoms with Crippen LogP contribution in [0.4, 0.5) is 11.4 Å². The fourth-order valence-electron chi connectivity index (χ4n) is 4.09. The lowest BCUT2D eigenvalue weighted by Crippen LogP contribution is -2.31. The minimum atomic E-state index is -0.728. The van der Waals surface area contributed by atoms with Crippen molar-refractivity contribution in [1.29, 1.82) is 0 Å². The highest BCUT2D eigenvalue weighted by Gasteiger charge is 2.24. The highest BCUT2D eigenvalue weighted by Crippen LogP contribution is 2.45. The molecule has 0 spiro atoms. The van der Waals surface area contributed by atoms with E-state index in [0.29, 0.717) is 26.2 Å². The van der Waals surface area contributed by atoms with Gasteiger partial charge in [0.15, 0.2) is 17.6 Å². The van der Waals surface area contributed by atoms with Gasteiger partial charge in [0.05, 0.1) is 17.9 Å². The highest BCUT2D eigenvalue weighted by molar-refractivity contribution is 5.78. The van der Waals surface area contributed by atoms with Gasteiger partial charge in [0, 0.05) is 25.4 Å². The minimum absolute atomic E-state index is 0.152. The Hall–Kier alpha value is -4.30. The molecule has 0 amide bonds. The third-order valence-corrected chi connectivity index (χ3v) is 5.76. The quantitative estimate of drug-likeness (QED) is 0.306. The van der Waals surface area contributed by atoms with Crippen molar-refractivity contribution < 1.29 is 23.7 Å². The van der Waals surface area contributed by atoms with E-state index in [-0.39, 0.29) is 6.01 Å². The number of benzene rings is 3. The maximum atomic E-state index is 12.5. The number of H-pyrrole nitrogens is 1. The molecule has 0 radical (unpaired) electrons. The normalized spacial score (nSPS) is 12.8. The summed E-state index contributed by atoms with van der Waals surface area (Å²) in [6.07, 6.45) is 2.77. The van der Waals surface area contributed by atoms with E-state index in [1.807, 2.05) is 79.7 Å². The third kappa shape index (κ3) is 5.34. The van der Waals surface area contributed by atoms with Crippen LogP contribution in [0.2, 0.25) is 0 Å². The Morgan fingerprint density at radius 2 is 1.69 bits per heavy atom. The van der Waals surface area contributed by atoms with Crippen LogP contribution in [-0.2, 0) is 16.0 Å². The van der Waals surface area contributed by atoms with Crippen LogP contribution in [0.1, 0.15) is 12.5 Å². The molecule has 2 heterocycles. The Labute approximate surface area is 209 Å². The molecule has 1 aliphatic heterocycles. The number of nitrogens with one attached hydrogen (secondary N) is 1. The molecule has 0 saturated carbocycles. The van der Waals surface area contributed by atoms with Gasteiger partial charge < -0.3 is 28.8 Å². The highest BCUT2D eigenvalue weighted by atomic mass is 16.6. The van der Waals surface area contributed by atoms with Gasteiger partial charge in [-0.3, -0.25) is 0 Å². The molecule has 1 atom stereocenters. The largest absolute Gasteiger partial charge is 0.492 e. The Balaban J connectivity index is 1.19. The van der Waals surface area contributed by atoms with E-state index in [4.69, 9.17) is 18.9 Å². The second kappa shape index (κ2) is 11.0. The van der Waals surface area contributed by atoms with Crippen LogP contribution in [0.5, 0.6) is 23.3 Å². The second-order valence-electron chi connectivity index (χ2n) is 8.15. The summed E-state index contributed by atoms with van der Waals surface area (Å²) in [5.41, 5.74) is 2.96. The number of esters is 1. The molecule has 8 nitrogen and oxygen atoms in total. The number of anilines is 2. The smallest absolute Gasteiger partial charge is 0.343 e. The van der Waals surface area contributed by atoms with Gasteiger partial charge in [-0.15, -0.1) is 0 Å². The Bertz CT molecular complexity index is 1250. The van der Waals surface area contributed by atoms with E-state index in [0.717, 1.165) is 34.2 Å². The molecule has 1 unspecified atom stereocenters. The number of nitrogens with zero attached hydrogens (tertiary/aromatic N) is 2. The molecule has 0 aliphatic carbocycles. The number of fused-ring (bicyclic) bond motifs is 2. The zero-order chi connectivity index (χ0) is 24.7. The number of carbonyl (C=O) groups excluding carboxylic acids is 1. The number of hydrogen-bond acceptors (Lipinski definition) is 7. The van der Waals surface area contributed by atoms with Gasteiger partial charge in [-0.2, -0.15) is 0 Å². The van der Waals surface area contributed by atoms with Gasteiger partial charge in [0.1, 0.15) is 12.4 Å². The molecular weight excluding hydrogens is 458 g/mol. The van der Waals surface area contributed by atoms with Gasteiger partial charge in [-0.05, 0) is 48.9 Å². The molecule has 0 bridgehead atoms. The fraction of sp³-hybridized carbons (Fsp3) is 0.214. The summed E-state index contributed by atoms with van der Waals surface area (Å²) < 4.78 is 23.0. The molecule has 4 aromatic rings. The molecule has 1 N–H and O–H groups in total. The molecule has 8 heteroatoms. The van der Waals surface area contributed by atoms with E-state index >= 15 is 0 Å². The first kappa shape index (κ1) is 23.4. The first-order valence-corrected chi connectivity index (χ1v) is 11.9. The van der Waals surface area contributed by atoms with Gasteiger partial charge >= 0.3 is 12.0 Å². The number of hydrogen-bond donors (Lipinski definition) is 1. The molecule has 36 heavy (non-hydrogen) atoms. The molecule has 3 aromatic carbocycles. The number of aromatic amines is 1. The van der Waals surface area contributed by atoms with Crippen molar-refractivity contribution in [2.45, 2.75) is 19.4 Å². The van der Waals surface area contributed by atoms with Gasteiger partial charge in [0.2, 0.25) is 0 Å². The van der Waals surface area contributed by atoms with Crippen LogP contribution in [0, 0.1) is 0 Å². The average molecular weight is 486 g/mol. The van der Waals surface area contributed by atoms with Crippen LogP contribution < -0.4 is 19.1 Å². The molecule has 5 rings (SSSR count). The van der Waals surface area contributed by atoms with Crippen molar-refractivity contribution >= 4 is 17.3 Å². The van der Waals surface area contributed by atoms with E-state index in [2.05, 4.69) is 14.9 Å². The minimum Gasteiger partial charge on any atom is -0.492 e. The lowest BCUT2D eigenvalue weighted by molar-refractivity contribution is -0.147. The topological polar surface area (TPSA) is 85.9 Å². The molecular formula is C28H27N3O5. The van der Waals surface area contributed by atoms with Crippen LogP contribution in [0.15, 0.2) is 85.2 Å². The lowest BCUT2D eigenvalue weighted by atomic mass is 10.1. The average Bonchev–Trinajstić information content (AvgIpc) is 3.42. The lowest BCUT2D eigenvalue weighted by Gasteiger charge is -2.32. The molecule has 0 fully saturated rings. The van der Waals surface area contributed by atoms with Crippen LogP contribution in [0.25, 0.3) is 0 Å². The predicted octanol–water partition coefficient (Wildman–Crippen LogP) is 5.29.